The van der Waals surface area contributed by atoms with E-state index in [0.29, 0.717) is 22.8 Å². The molecule has 0 spiro atoms. The first-order valence-corrected chi connectivity index (χ1v) is 7.45. The molecule has 124 valence electrons. The number of hydrogen-bond acceptors (Lipinski definition) is 6. The van der Waals surface area contributed by atoms with Crippen molar-refractivity contribution in [3.63, 3.8) is 0 Å². The number of nitrogens with one attached hydrogen (secondary N) is 1. The van der Waals surface area contributed by atoms with Crippen molar-refractivity contribution in [2.45, 2.75) is 6.92 Å². The number of fused-ring (bicyclic) bond motifs is 1. The summed E-state index contributed by atoms with van der Waals surface area (Å²) in [5, 5.41) is 4.16. The molecule has 0 amide bonds. The zero-order chi connectivity index (χ0) is 17.1. The van der Waals surface area contributed by atoms with Gasteiger partial charge in [0.15, 0.2) is 11.5 Å². The normalized spacial score (nSPS) is 10.5. The molecule has 0 aliphatic rings. The summed E-state index contributed by atoms with van der Waals surface area (Å²) in [5.74, 6) is 2.62. The van der Waals surface area contributed by atoms with Crippen LogP contribution in [0.4, 0.5) is 11.5 Å². The largest absolute Gasteiger partial charge is 0.495 e. The number of hydrogen-bond donors (Lipinski definition) is 1. The van der Waals surface area contributed by atoms with Gasteiger partial charge in [-0.15, -0.1) is 0 Å². The number of benzene rings is 2. The van der Waals surface area contributed by atoms with Crippen molar-refractivity contribution in [2.24, 2.45) is 0 Å². The maximum absolute atomic E-state index is 5.45. The molecule has 0 atom stereocenters. The van der Waals surface area contributed by atoms with E-state index in [1.54, 1.807) is 21.3 Å². The molecule has 0 bridgehead atoms. The molecule has 1 aromatic heterocycles. The number of rotatable bonds is 5. The van der Waals surface area contributed by atoms with E-state index in [1.165, 1.54) is 6.33 Å². The highest BCUT2D eigenvalue weighted by Gasteiger charge is 2.14. The van der Waals surface area contributed by atoms with Crippen LogP contribution in [0.25, 0.3) is 10.9 Å². The SMILES string of the molecule is COc1ccc(C)cc1Nc1ncnc2c(OC)c(OC)ccc12. The summed E-state index contributed by atoms with van der Waals surface area (Å²) < 4.78 is 16.2. The highest BCUT2D eigenvalue weighted by Crippen LogP contribution is 2.37. The molecule has 24 heavy (non-hydrogen) atoms. The van der Waals surface area contributed by atoms with Crippen molar-refractivity contribution in [3.05, 3.63) is 42.2 Å². The molecule has 0 radical (unpaired) electrons. The van der Waals surface area contributed by atoms with Gasteiger partial charge in [-0.25, -0.2) is 9.97 Å². The Kier molecular flexibility index (Phi) is 4.37. The Morgan fingerprint density at radius 2 is 1.62 bits per heavy atom. The number of ether oxygens (including phenoxy) is 3. The fourth-order valence-electron chi connectivity index (χ4n) is 2.59. The van der Waals surface area contributed by atoms with Crippen molar-refractivity contribution in [1.82, 2.24) is 9.97 Å². The minimum Gasteiger partial charge on any atom is -0.495 e. The van der Waals surface area contributed by atoms with E-state index >= 15 is 0 Å². The molecule has 6 heteroatoms. The third-order valence-electron chi connectivity index (χ3n) is 3.76. The second-order valence-corrected chi connectivity index (χ2v) is 5.25. The van der Waals surface area contributed by atoms with Crippen LogP contribution in [-0.4, -0.2) is 31.3 Å². The van der Waals surface area contributed by atoms with Gasteiger partial charge in [0.05, 0.1) is 27.0 Å². The third kappa shape index (κ3) is 2.78. The van der Waals surface area contributed by atoms with Crippen LogP contribution in [0.3, 0.4) is 0 Å². The predicted octanol–water partition coefficient (Wildman–Crippen LogP) is 3.71. The highest BCUT2D eigenvalue weighted by atomic mass is 16.5. The van der Waals surface area contributed by atoms with Gasteiger partial charge in [-0.05, 0) is 36.8 Å². The molecule has 0 aliphatic carbocycles. The van der Waals surface area contributed by atoms with Gasteiger partial charge in [0.2, 0.25) is 0 Å². The van der Waals surface area contributed by atoms with Crippen molar-refractivity contribution in [3.8, 4) is 17.2 Å². The van der Waals surface area contributed by atoms with E-state index in [4.69, 9.17) is 14.2 Å². The molecule has 1 heterocycles. The number of methoxy groups -OCH3 is 3. The quantitative estimate of drug-likeness (QED) is 0.771. The van der Waals surface area contributed by atoms with E-state index in [0.717, 1.165) is 22.4 Å². The van der Waals surface area contributed by atoms with E-state index in [-0.39, 0.29) is 0 Å². The van der Waals surface area contributed by atoms with Crippen molar-refractivity contribution in [2.75, 3.05) is 26.6 Å². The molecular weight excluding hydrogens is 306 g/mol. The Morgan fingerprint density at radius 3 is 2.33 bits per heavy atom. The summed E-state index contributed by atoms with van der Waals surface area (Å²) in [5.41, 5.74) is 2.64. The molecule has 1 N–H and O–H groups in total. The van der Waals surface area contributed by atoms with Crippen molar-refractivity contribution >= 4 is 22.4 Å². The molecule has 3 rings (SSSR count). The lowest BCUT2D eigenvalue weighted by Gasteiger charge is -2.14. The summed E-state index contributed by atoms with van der Waals surface area (Å²) in [6.45, 7) is 2.02. The maximum Gasteiger partial charge on any atom is 0.187 e. The predicted molar refractivity (Wildman–Crippen MR) is 93.7 cm³/mol. The van der Waals surface area contributed by atoms with E-state index in [2.05, 4.69) is 15.3 Å². The Labute approximate surface area is 140 Å². The molecule has 6 nitrogen and oxygen atoms in total. The Hall–Kier alpha value is -3.02. The van der Waals surface area contributed by atoms with Crippen LogP contribution in [0.2, 0.25) is 0 Å². The summed E-state index contributed by atoms with van der Waals surface area (Å²) in [7, 11) is 4.83. The number of aromatic nitrogens is 2. The molecule has 0 fully saturated rings. The lowest BCUT2D eigenvalue weighted by molar-refractivity contribution is 0.358. The summed E-state index contributed by atoms with van der Waals surface area (Å²) in [4.78, 5) is 8.70. The minimum absolute atomic E-state index is 0.580. The lowest BCUT2D eigenvalue weighted by Crippen LogP contribution is -2.00. The fraction of sp³-hybridized carbons (Fsp3) is 0.222. The van der Waals surface area contributed by atoms with Gasteiger partial charge in [0.1, 0.15) is 23.4 Å². The standard InChI is InChI=1S/C18H19N3O3/c1-11-5-7-14(22-2)13(9-11)21-18-12-6-8-15(23-3)17(24-4)16(12)19-10-20-18/h5-10H,1-4H3,(H,19,20,21). The molecule has 0 saturated heterocycles. The number of aryl methyl sites for hydroxylation is 1. The molecular formula is C18H19N3O3. The van der Waals surface area contributed by atoms with Gasteiger partial charge in [-0.3, -0.25) is 0 Å². The third-order valence-corrected chi connectivity index (χ3v) is 3.76. The molecule has 0 saturated carbocycles. The number of anilines is 2. The van der Waals surface area contributed by atoms with Gasteiger partial charge >= 0.3 is 0 Å². The van der Waals surface area contributed by atoms with E-state index < -0.39 is 0 Å². The maximum atomic E-state index is 5.45. The zero-order valence-electron chi connectivity index (χ0n) is 14.1. The van der Waals surface area contributed by atoms with Gasteiger partial charge in [0.25, 0.3) is 0 Å². The second kappa shape index (κ2) is 6.62. The summed E-state index contributed by atoms with van der Waals surface area (Å²) in [6.07, 6.45) is 1.49. The highest BCUT2D eigenvalue weighted by molar-refractivity contribution is 5.96. The molecule has 0 unspecified atom stereocenters. The van der Waals surface area contributed by atoms with Crippen LogP contribution in [0, 0.1) is 6.92 Å². The average molecular weight is 325 g/mol. The smallest absolute Gasteiger partial charge is 0.187 e. The van der Waals surface area contributed by atoms with Crippen molar-refractivity contribution in [1.29, 1.82) is 0 Å². The fourth-order valence-corrected chi connectivity index (χ4v) is 2.59. The van der Waals surface area contributed by atoms with Gasteiger partial charge in [0, 0.05) is 5.39 Å². The minimum atomic E-state index is 0.580. The monoisotopic (exact) mass is 325 g/mol. The topological polar surface area (TPSA) is 65.5 Å². The Bertz CT molecular complexity index is 881. The second-order valence-electron chi connectivity index (χ2n) is 5.25. The molecule has 0 aliphatic heterocycles. The summed E-state index contributed by atoms with van der Waals surface area (Å²) >= 11 is 0. The van der Waals surface area contributed by atoms with Crippen LogP contribution in [0.5, 0.6) is 17.2 Å². The van der Waals surface area contributed by atoms with Gasteiger partial charge < -0.3 is 19.5 Å². The first kappa shape index (κ1) is 15.9. The lowest BCUT2D eigenvalue weighted by atomic mass is 10.1. The molecule has 3 aromatic rings. The Balaban J connectivity index is 2.13. The van der Waals surface area contributed by atoms with Gasteiger partial charge in [-0.2, -0.15) is 0 Å². The first-order chi connectivity index (χ1) is 11.7. The van der Waals surface area contributed by atoms with Crippen LogP contribution >= 0.6 is 0 Å². The van der Waals surface area contributed by atoms with E-state index in [1.807, 2.05) is 37.3 Å². The van der Waals surface area contributed by atoms with Crippen LogP contribution in [-0.2, 0) is 0 Å². The summed E-state index contributed by atoms with van der Waals surface area (Å²) in [6, 6.07) is 9.67. The van der Waals surface area contributed by atoms with E-state index in [9.17, 15) is 0 Å². The first-order valence-electron chi connectivity index (χ1n) is 7.45. The van der Waals surface area contributed by atoms with Crippen LogP contribution in [0.15, 0.2) is 36.7 Å². The van der Waals surface area contributed by atoms with Crippen LogP contribution < -0.4 is 19.5 Å². The average Bonchev–Trinajstić information content (AvgIpc) is 2.61. The number of nitrogens with zero attached hydrogens (tertiary/aromatic N) is 2. The molecule has 2 aromatic carbocycles. The Morgan fingerprint density at radius 1 is 0.875 bits per heavy atom. The van der Waals surface area contributed by atoms with Gasteiger partial charge in [-0.1, -0.05) is 6.07 Å². The van der Waals surface area contributed by atoms with Crippen LogP contribution in [0.1, 0.15) is 5.56 Å². The van der Waals surface area contributed by atoms with Crippen molar-refractivity contribution < 1.29 is 14.2 Å². The zero-order valence-corrected chi connectivity index (χ0v) is 14.1.